The quantitative estimate of drug-likeness (QED) is 0.845. The highest BCUT2D eigenvalue weighted by atomic mass is 32.2. The topological polar surface area (TPSA) is 92.3 Å². The molecule has 1 aromatic carbocycles. The molecule has 8 heteroatoms. The van der Waals surface area contributed by atoms with Crippen LogP contribution in [-0.4, -0.2) is 53.8 Å². The van der Waals surface area contributed by atoms with Gasteiger partial charge in [0.25, 0.3) is 5.91 Å². The lowest BCUT2D eigenvalue weighted by atomic mass is 10.1. The molecule has 1 aromatic heterocycles. The van der Waals surface area contributed by atoms with Gasteiger partial charge >= 0.3 is 0 Å². The first-order valence-electron chi connectivity index (χ1n) is 8.97. The third kappa shape index (κ3) is 4.44. The fourth-order valence-corrected chi connectivity index (χ4v) is 5.01. The Morgan fingerprint density at radius 3 is 2.70 bits per heavy atom. The molecule has 1 amide bonds. The van der Waals surface area contributed by atoms with Gasteiger partial charge in [0.2, 0.25) is 5.95 Å². The lowest BCUT2D eigenvalue weighted by molar-refractivity contribution is 0.0741. The number of nitrogens with one attached hydrogen (secondary N) is 1. The number of sulfone groups is 1. The van der Waals surface area contributed by atoms with Crippen LogP contribution in [0.2, 0.25) is 0 Å². The molecule has 7 nitrogen and oxygen atoms in total. The Bertz CT molecular complexity index is 959. The molecule has 1 saturated heterocycles. The molecule has 3 rings (SSSR count). The predicted molar refractivity (Wildman–Crippen MR) is 105 cm³/mol. The number of amides is 1. The summed E-state index contributed by atoms with van der Waals surface area (Å²) in [6, 6.07) is 9.19. The molecule has 0 radical (unpaired) electrons. The summed E-state index contributed by atoms with van der Waals surface area (Å²) in [7, 11) is -1.43. The van der Waals surface area contributed by atoms with Gasteiger partial charge < -0.3 is 10.2 Å². The van der Waals surface area contributed by atoms with E-state index in [4.69, 9.17) is 0 Å². The van der Waals surface area contributed by atoms with Crippen molar-refractivity contribution in [1.82, 2.24) is 14.9 Å². The van der Waals surface area contributed by atoms with E-state index in [2.05, 4.69) is 22.2 Å². The van der Waals surface area contributed by atoms with Gasteiger partial charge in [-0.05, 0) is 37.5 Å². The minimum Gasteiger partial charge on any atom is -0.336 e. The maximum Gasteiger partial charge on any atom is 0.272 e. The summed E-state index contributed by atoms with van der Waals surface area (Å²) in [6.07, 6.45) is 1.32. The molecular weight excluding hydrogens is 364 g/mol. The van der Waals surface area contributed by atoms with Crippen molar-refractivity contribution < 1.29 is 13.2 Å². The molecule has 1 unspecified atom stereocenters. The van der Waals surface area contributed by atoms with Crippen molar-refractivity contribution in [1.29, 1.82) is 0 Å². The zero-order valence-electron chi connectivity index (χ0n) is 15.8. The summed E-state index contributed by atoms with van der Waals surface area (Å²) < 4.78 is 23.4. The van der Waals surface area contributed by atoms with Gasteiger partial charge in [0.05, 0.1) is 11.5 Å². The number of para-hydroxylation sites is 1. The highest BCUT2D eigenvalue weighted by Crippen LogP contribution is 2.21. The molecule has 1 N–H and O–H groups in total. The van der Waals surface area contributed by atoms with E-state index in [0.29, 0.717) is 18.1 Å². The number of aromatic nitrogens is 2. The number of aryl methyl sites for hydroxylation is 2. The van der Waals surface area contributed by atoms with Crippen LogP contribution in [0.1, 0.15) is 35.1 Å². The van der Waals surface area contributed by atoms with Gasteiger partial charge in [-0.3, -0.25) is 4.79 Å². The van der Waals surface area contributed by atoms with Crippen LogP contribution in [-0.2, 0) is 16.3 Å². The first kappa shape index (κ1) is 19.3. The first-order chi connectivity index (χ1) is 12.8. The summed E-state index contributed by atoms with van der Waals surface area (Å²) >= 11 is 0. The number of hydrogen-bond donors (Lipinski definition) is 1. The zero-order valence-corrected chi connectivity index (χ0v) is 16.6. The number of hydrogen-bond acceptors (Lipinski definition) is 6. The smallest absolute Gasteiger partial charge is 0.272 e. The van der Waals surface area contributed by atoms with Crippen LogP contribution >= 0.6 is 0 Å². The molecule has 1 aliphatic heterocycles. The van der Waals surface area contributed by atoms with Crippen LogP contribution in [0.3, 0.4) is 0 Å². The highest BCUT2D eigenvalue weighted by Gasteiger charge is 2.33. The van der Waals surface area contributed by atoms with Gasteiger partial charge in [0.15, 0.2) is 9.84 Å². The molecule has 144 valence electrons. The van der Waals surface area contributed by atoms with Crippen LogP contribution in [0, 0.1) is 6.92 Å². The maximum absolute atomic E-state index is 12.8. The molecule has 0 spiro atoms. The SMILES string of the molecule is CCc1ccccc1Nc1nc(C)cc(C(=O)N(C)C2CCS(=O)(=O)C2)n1. The van der Waals surface area contributed by atoms with Crippen molar-refractivity contribution in [3.63, 3.8) is 0 Å². The number of rotatable bonds is 5. The monoisotopic (exact) mass is 388 g/mol. The Balaban J connectivity index is 1.83. The minimum atomic E-state index is -3.06. The number of carbonyl (C=O) groups excluding carboxylic acids is 1. The third-order valence-corrected chi connectivity index (χ3v) is 6.54. The van der Waals surface area contributed by atoms with Crippen molar-refractivity contribution >= 4 is 27.4 Å². The summed E-state index contributed by atoms with van der Waals surface area (Å²) in [4.78, 5) is 23.1. The normalized spacial score (nSPS) is 18.3. The van der Waals surface area contributed by atoms with Gasteiger partial charge in [-0.25, -0.2) is 18.4 Å². The molecule has 0 aliphatic carbocycles. The number of nitrogens with zero attached hydrogens (tertiary/aromatic N) is 3. The van der Waals surface area contributed by atoms with E-state index in [-0.39, 0.29) is 29.1 Å². The lowest BCUT2D eigenvalue weighted by Crippen LogP contribution is -2.38. The highest BCUT2D eigenvalue weighted by molar-refractivity contribution is 7.91. The lowest BCUT2D eigenvalue weighted by Gasteiger charge is -2.23. The molecule has 1 atom stereocenters. The van der Waals surface area contributed by atoms with Gasteiger partial charge in [-0.1, -0.05) is 25.1 Å². The summed E-state index contributed by atoms with van der Waals surface area (Å²) in [6.45, 7) is 3.87. The molecule has 2 heterocycles. The Kier molecular flexibility index (Phi) is 5.46. The molecule has 0 bridgehead atoms. The van der Waals surface area contributed by atoms with Crippen molar-refractivity contribution in [3.8, 4) is 0 Å². The minimum absolute atomic E-state index is 0.00822. The van der Waals surface area contributed by atoms with Crippen LogP contribution < -0.4 is 5.32 Å². The molecular formula is C19H24N4O3S. The summed E-state index contributed by atoms with van der Waals surface area (Å²) in [5.41, 5.74) is 2.95. The van der Waals surface area contributed by atoms with E-state index >= 15 is 0 Å². The van der Waals surface area contributed by atoms with Crippen molar-refractivity contribution in [2.45, 2.75) is 32.7 Å². The Morgan fingerprint density at radius 2 is 2.04 bits per heavy atom. The Hall–Kier alpha value is -2.48. The van der Waals surface area contributed by atoms with Gasteiger partial charge in [-0.15, -0.1) is 0 Å². The molecule has 27 heavy (non-hydrogen) atoms. The van der Waals surface area contributed by atoms with E-state index in [1.165, 1.54) is 4.90 Å². The maximum atomic E-state index is 12.8. The fraction of sp³-hybridized carbons (Fsp3) is 0.421. The average Bonchev–Trinajstić information content (AvgIpc) is 3.00. The summed E-state index contributed by atoms with van der Waals surface area (Å²) in [5.74, 6) is 0.189. The third-order valence-electron chi connectivity index (χ3n) is 4.79. The Morgan fingerprint density at radius 1 is 1.30 bits per heavy atom. The largest absolute Gasteiger partial charge is 0.336 e. The van der Waals surface area contributed by atoms with E-state index in [1.54, 1.807) is 20.0 Å². The molecule has 1 aliphatic rings. The van der Waals surface area contributed by atoms with Gasteiger partial charge in [0.1, 0.15) is 5.69 Å². The van der Waals surface area contributed by atoms with Gasteiger partial charge in [0, 0.05) is 24.5 Å². The van der Waals surface area contributed by atoms with E-state index in [1.807, 2.05) is 24.3 Å². The molecule has 2 aromatic rings. The predicted octanol–water partition coefficient (Wildman–Crippen LogP) is 2.35. The van der Waals surface area contributed by atoms with Crippen molar-refractivity contribution in [2.75, 3.05) is 23.9 Å². The number of benzene rings is 1. The standard InChI is InChI=1S/C19H24N4O3S/c1-4-14-7-5-6-8-16(14)21-19-20-13(2)11-17(22-19)18(24)23(3)15-9-10-27(25,26)12-15/h5-8,11,15H,4,9-10,12H2,1-3H3,(H,20,21,22). The number of carbonyl (C=O) groups is 1. The molecule has 1 fully saturated rings. The van der Waals surface area contributed by atoms with Crippen LogP contribution in [0.5, 0.6) is 0 Å². The second-order valence-corrected chi connectivity index (χ2v) is 9.06. The van der Waals surface area contributed by atoms with Crippen LogP contribution in [0.15, 0.2) is 30.3 Å². The Labute approximate surface area is 159 Å². The second kappa shape index (κ2) is 7.64. The van der Waals surface area contributed by atoms with Crippen molar-refractivity contribution in [2.24, 2.45) is 0 Å². The van der Waals surface area contributed by atoms with E-state index in [0.717, 1.165) is 17.7 Å². The summed E-state index contributed by atoms with van der Waals surface area (Å²) in [5, 5.41) is 3.19. The fourth-order valence-electron chi connectivity index (χ4n) is 3.23. The van der Waals surface area contributed by atoms with Crippen LogP contribution in [0.25, 0.3) is 0 Å². The average molecular weight is 388 g/mol. The first-order valence-corrected chi connectivity index (χ1v) is 10.8. The van der Waals surface area contributed by atoms with E-state index in [9.17, 15) is 13.2 Å². The van der Waals surface area contributed by atoms with Crippen molar-refractivity contribution in [3.05, 3.63) is 47.3 Å². The van der Waals surface area contributed by atoms with Gasteiger partial charge in [-0.2, -0.15) is 0 Å². The second-order valence-electron chi connectivity index (χ2n) is 6.83. The number of anilines is 2. The van der Waals surface area contributed by atoms with Crippen LogP contribution in [0.4, 0.5) is 11.6 Å². The zero-order chi connectivity index (χ0) is 19.6. The van der Waals surface area contributed by atoms with E-state index < -0.39 is 9.84 Å². The molecule has 0 saturated carbocycles.